The van der Waals surface area contributed by atoms with Crippen molar-refractivity contribution in [3.05, 3.63) is 22.8 Å². The molecule has 0 unspecified atom stereocenters. The maximum Gasteiger partial charge on any atom is 0.253 e. The fourth-order valence-corrected chi connectivity index (χ4v) is 1.95. The van der Waals surface area contributed by atoms with Gasteiger partial charge in [0.2, 0.25) is 0 Å². The van der Waals surface area contributed by atoms with E-state index in [1.165, 1.54) is 0 Å². The molecule has 0 spiro atoms. The molecule has 5 heteroatoms. The Hall–Kier alpha value is -1.29. The molecule has 1 aromatic heterocycles. The minimum atomic E-state index is -0.0350. The van der Waals surface area contributed by atoms with Crippen molar-refractivity contribution in [1.82, 2.24) is 9.88 Å². The Morgan fingerprint density at radius 2 is 2.17 bits per heavy atom. The van der Waals surface area contributed by atoms with Crippen molar-refractivity contribution in [3.8, 4) is 0 Å². The standard InChI is InChI=1S/C13H20ClN3O/c1-5-15-12-7-10(6-11(14)16-12)13(18)17(4)8-9(2)3/h6-7,9H,5,8H2,1-4H3,(H,15,16). The number of hydrogen-bond acceptors (Lipinski definition) is 3. The summed E-state index contributed by atoms with van der Waals surface area (Å²) in [5.74, 6) is 1.03. The van der Waals surface area contributed by atoms with Gasteiger partial charge in [0.05, 0.1) is 0 Å². The van der Waals surface area contributed by atoms with Crippen LogP contribution in [-0.2, 0) is 0 Å². The van der Waals surface area contributed by atoms with Gasteiger partial charge in [0.15, 0.2) is 0 Å². The second-order valence-electron chi connectivity index (χ2n) is 4.67. The molecule has 0 aliphatic rings. The maximum absolute atomic E-state index is 12.2. The monoisotopic (exact) mass is 269 g/mol. The first-order chi connectivity index (χ1) is 8.43. The number of anilines is 1. The molecule has 100 valence electrons. The number of carbonyl (C=O) groups excluding carboxylic acids is 1. The summed E-state index contributed by atoms with van der Waals surface area (Å²) in [5.41, 5.74) is 0.564. The van der Waals surface area contributed by atoms with E-state index in [2.05, 4.69) is 24.1 Å². The first-order valence-corrected chi connectivity index (χ1v) is 6.48. The number of nitrogens with zero attached hydrogens (tertiary/aromatic N) is 2. The highest BCUT2D eigenvalue weighted by Crippen LogP contribution is 2.16. The number of aromatic nitrogens is 1. The van der Waals surface area contributed by atoms with Crippen molar-refractivity contribution in [2.45, 2.75) is 20.8 Å². The van der Waals surface area contributed by atoms with Crippen LogP contribution in [0.4, 0.5) is 5.82 Å². The molecule has 1 rings (SSSR count). The Morgan fingerprint density at radius 3 is 2.72 bits per heavy atom. The average molecular weight is 270 g/mol. The van der Waals surface area contributed by atoms with Gasteiger partial charge in [0, 0.05) is 25.7 Å². The molecule has 0 aliphatic heterocycles. The van der Waals surface area contributed by atoms with Crippen LogP contribution >= 0.6 is 11.6 Å². The van der Waals surface area contributed by atoms with Crippen LogP contribution in [0.2, 0.25) is 5.15 Å². The number of rotatable bonds is 5. The van der Waals surface area contributed by atoms with E-state index in [0.29, 0.717) is 22.5 Å². The molecule has 0 fully saturated rings. The van der Waals surface area contributed by atoms with Crippen molar-refractivity contribution in [2.75, 3.05) is 25.5 Å². The van der Waals surface area contributed by atoms with Gasteiger partial charge in [-0.1, -0.05) is 25.4 Å². The van der Waals surface area contributed by atoms with Gasteiger partial charge in [0.1, 0.15) is 11.0 Å². The maximum atomic E-state index is 12.2. The van der Waals surface area contributed by atoms with Crippen molar-refractivity contribution < 1.29 is 4.79 Å². The normalized spacial score (nSPS) is 10.6. The summed E-state index contributed by atoms with van der Waals surface area (Å²) in [6, 6.07) is 3.33. The minimum absolute atomic E-state index is 0.0350. The van der Waals surface area contributed by atoms with Gasteiger partial charge in [-0.2, -0.15) is 0 Å². The summed E-state index contributed by atoms with van der Waals surface area (Å²) < 4.78 is 0. The van der Waals surface area contributed by atoms with Crippen LogP contribution in [0.25, 0.3) is 0 Å². The van der Waals surface area contributed by atoms with E-state index in [1.54, 1.807) is 24.1 Å². The number of nitrogens with one attached hydrogen (secondary N) is 1. The molecule has 1 N–H and O–H groups in total. The van der Waals surface area contributed by atoms with E-state index in [1.807, 2.05) is 6.92 Å². The van der Waals surface area contributed by atoms with E-state index in [0.717, 1.165) is 13.1 Å². The fourth-order valence-electron chi connectivity index (χ4n) is 1.74. The van der Waals surface area contributed by atoms with Crippen LogP contribution in [0.5, 0.6) is 0 Å². The lowest BCUT2D eigenvalue weighted by Gasteiger charge is -2.19. The van der Waals surface area contributed by atoms with Crippen LogP contribution in [-0.4, -0.2) is 35.9 Å². The quantitative estimate of drug-likeness (QED) is 0.836. The highest BCUT2D eigenvalue weighted by atomic mass is 35.5. The molecule has 1 amide bonds. The lowest BCUT2D eigenvalue weighted by Crippen LogP contribution is -2.30. The zero-order valence-electron chi connectivity index (χ0n) is 11.3. The van der Waals surface area contributed by atoms with Crippen LogP contribution in [0.3, 0.4) is 0 Å². The Kier molecular flexibility index (Phi) is 5.41. The number of pyridine rings is 1. The Bertz CT molecular complexity index is 421. The first-order valence-electron chi connectivity index (χ1n) is 6.11. The number of halogens is 1. The van der Waals surface area contributed by atoms with E-state index >= 15 is 0 Å². The van der Waals surface area contributed by atoms with Crippen molar-refractivity contribution in [3.63, 3.8) is 0 Å². The molecule has 0 atom stereocenters. The third-order valence-electron chi connectivity index (χ3n) is 2.38. The van der Waals surface area contributed by atoms with Crippen LogP contribution in [0.15, 0.2) is 12.1 Å². The molecule has 1 heterocycles. The van der Waals surface area contributed by atoms with Gasteiger partial charge in [0.25, 0.3) is 5.91 Å². The molecule has 0 saturated heterocycles. The summed E-state index contributed by atoms with van der Waals surface area (Å²) in [7, 11) is 1.80. The Labute approximate surface area is 113 Å². The summed E-state index contributed by atoms with van der Waals surface area (Å²) >= 11 is 5.92. The van der Waals surface area contributed by atoms with Gasteiger partial charge in [-0.15, -0.1) is 0 Å². The predicted octanol–water partition coefficient (Wildman–Crippen LogP) is 2.89. The third-order valence-corrected chi connectivity index (χ3v) is 2.58. The third kappa shape index (κ3) is 4.18. The highest BCUT2D eigenvalue weighted by molar-refractivity contribution is 6.29. The summed E-state index contributed by atoms with van der Waals surface area (Å²) in [5, 5.41) is 3.39. The Morgan fingerprint density at radius 1 is 1.50 bits per heavy atom. The molecule has 0 aliphatic carbocycles. The molecule has 0 aromatic carbocycles. The SMILES string of the molecule is CCNc1cc(C(=O)N(C)CC(C)C)cc(Cl)n1. The lowest BCUT2D eigenvalue weighted by molar-refractivity contribution is 0.0779. The molecule has 1 aromatic rings. The number of carbonyl (C=O) groups is 1. The summed E-state index contributed by atoms with van der Waals surface area (Å²) in [4.78, 5) is 18.0. The average Bonchev–Trinajstić information content (AvgIpc) is 2.26. The zero-order chi connectivity index (χ0) is 13.7. The first kappa shape index (κ1) is 14.8. The van der Waals surface area contributed by atoms with Crippen LogP contribution in [0, 0.1) is 5.92 Å². The number of hydrogen-bond donors (Lipinski definition) is 1. The van der Waals surface area contributed by atoms with E-state index in [9.17, 15) is 4.79 Å². The topological polar surface area (TPSA) is 45.2 Å². The van der Waals surface area contributed by atoms with Crippen molar-refractivity contribution in [1.29, 1.82) is 0 Å². The van der Waals surface area contributed by atoms with Gasteiger partial charge in [-0.3, -0.25) is 4.79 Å². The van der Waals surface area contributed by atoms with Gasteiger partial charge in [-0.25, -0.2) is 4.98 Å². The zero-order valence-corrected chi connectivity index (χ0v) is 12.1. The van der Waals surface area contributed by atoms with E-state index in [4.69, 9.17) is 11.6 Å². The van der Waals surface area contributed by atoms with Gasteiger partial charge < -0.3 is 10.2 Å². The predicted molar refractivity (Wildman–Crippen MR) is 75.2 cm³/mol. The van der Waals surface area contributed by atoms with Gasteiger partial charge >= 0.3 is 0 Å². The highest BCUT2D eigenvalue weighted by Gasteiger charge is 2.14. The van der Waals surface area contributed by atoms with Crippen LogP contribution in [0.1, 0.15) is 31.1 Å². The molecular formula is C13H20ClN3O. The van der Waals surface area contributed by atoms with Crippen LogP contribution < -0.4 is 5.32 Å². The Balaban J connectivity index is 2.91. The molecular weight excluding hydrogens is 250 g/mol. The largest absolute Gasteiger partial charge is 0.370 e. The fraction of sp³-hybridized carbons (Fsp3) is 0.538. The molecule has 0 radical (unpaired) electrons. The smallest absolute Gasteiger partial charge is 0.253 e. The lowest BCUT2D eigenvalue weighted by atomic mass is 10.2. The van der Waals surface area contributed by atoms with Crippen molar-refractivity contribution in [2.24, 2.45) is 5.92 Å². The second kappa shape index (κ2) is 6.59. The minimum Gasteiger partial charge on any atom is -0.370 e. The summed E-state index contributed by atoms with van der Waals surface area (Å²) in [6.45, 7) is 7.58. The van der Waals surface area contributed by atoms with E-state index < -0.39 is 0 Å². The summed E-state index contributed by atoms with van der Waals surface area (Å²) in [6.07, 6.45) is 0. The van der Waals surface area contributed by atoms with Crippen molar-refractivity contribution >= 4 is 23.3 Å². The molecule has 4 nitrogen and oxygen atoms in total. The second-order valence-corrected chi connectivity index (χ2v) is 5.06. The van der Waals surface area contributed by atoms with E-state index in [-0.39, 0.29) is 5.91 Å². The number of amides is 1. The van der Waals surface area contributed by atoms with Gasteiger partial charge in [-0.05, 0) is 25.0 Å². The molecule has 18 heavy (non-hydrogen) atoms. The molecule has 0 saturated carbocycles. The molecule has 0 bridgehead atoms.